The number of likely N-dealkylation sites (tertiary alicyclic amines) is 1. The lowest BCUT2D eigenvalue weighted by molar-refractivity contribution is 0.153. The van der Waals surface area contributed by atoms with Crippen LogP contribution in [-0.2, 0) is 0 Å². The van der Waals surface area contributed by atoms with Crippen LogP contribution in [-0.4, -0.2) is 42.9 Å². The Morgan fingerprint density at radius 1 is 1.73 bits per heavy atom. The zero-order valence-corrected chi connectivity index (χ0v) is 6.96. The quantitative estimate of drug-likeness (QED) is 0.657. The van der Waals surface area contributed by atoms with Gasteiger partial charge in [0.1, 0.15) is 6.17 Å². The molecule has 1 rings (SSSR count). The van der Waals surface area contributed by atoms with E-state index in [9.17, 15) is 4.39 Å². The van der Waals surface area contributed by atoms with Crippen molar-refractivity contribution in [2.24, 2.45) is 5.92 Å². The maximum atomic E-state index is 12.6. The number of rotatable bonds is 3. The van der Waals surface area contributed by atoms with E-state index in [-0.39, 0.29) is 6.61 Å². The molecule has 66 valence electrons. The Morgan fingerprint density at radius 3 is 2.91 bits per heavy atom. The van der Waals surface area contributed by atoms with Crippen molar-refractivity contribution in [1.29, 1.82) is 0 Å². The molecule has 0 bridgehead atoms. The van der Waals surface area contributed by atoms with Gasteiger partial charge in [-0.1, -0.05) is 0 Å². The first-order valence-electron chi connectivity index (χ1n) is 4.16. The third-order valence-corrected chi connectivity index (χ3v) is 2.28. The molecule has 1 fully saturated rings. The molecule has 0 aromatic rings. The molecule has 1 aliphatic rings. The van der Waals surface area contributed by atoms with Crippen molar-refractivity contribution in [3.05, 3.63) is 0 Å². The summed E-state index contributed by atoms with van der Waals surface area (Å²) in [5.74, 6) is 0.460. The molecule has 1 heterocycles. The Bertz CT molecular complexity index is 121. The van der Waals surface area contributed by atoms with Gasteiger partial charge in [-0.15, -0.1) is 0 Å². The number of halogens is 1. The lowest BCUT2D eigenvalue weighted by atomic mass is 10.0. The number of aliphatic hydroxyl groups excluding tert-OH is 1. The Kier molecular flexibility index (Phi) is 3.27. The zero-order chi connectivity index (χ0) is 8.27. The summed E-state index contributed by atoms with van der Waals surface area (Å²) < 4.78 is 12.6. The third-order valence-electron chi connectivity index (χ3n) is 2.28. The number of hydrogen-bond acceptors (Lipinski definition) is 2. The minimum atomic E-state index is -1.01. The van der Waals surface area contributed by atoms with Crippen LogP contribution in [0.4, 0.5) is 4.39 Å². The van der Waals surface area contributed by atoms with E-state index in [0.717, 1.165) is 19.5 Å². The summed E-state index contributed by atoms with van der Waals surface area (Å²) in [6, 6.07) is 0. The van der Waals surface area contributed by atoms with Gasteiger partial charge in [-0.3, -0.25) is 0 Å². The van der Waals surface area contributed by atoms with Gasteiger partial charge >= 0.3 is 0 Å². The summed E-state index contributed by atoms with van der Waals surface area (Å²) in [5.41, 5.74) is 0. The monoisotopic (exact) mass is 161 g/mol. The Labute approximate surface area is 67.0 Å². The van der Waals surface area contributed by atoms with Gasteiger partial charge in [-0.2, -0.15) is 0 Å². The molecule has 0 spiro atoms. The van der Waals surface area contributed by atoms with Crippen molar-refractivity contribution in [2.45, 2.75) is 19.0 Å². The van der Waals surface area contributed by atoms with Crippen LogP contribution in [0.25, 0.3) is 0 Å². The van der Waals surface area contributed by atoms with E-state index in [0.29, 0.717) is 12.3 Å². The zero-order valence-electron chi connectivity index (χ0n) is 6.96. The number of aliphatic hydroxyl groups is 1. The Balaban J connectivity index is 2.17. The van der Waals surface area contributed by atoms with Crippen molar-refractivity contribution >= 4 is 0 Å². The van der Waals surface area contributed by atoms with Crippen LogP contribution >= 0.6 is 0 Å². The SMILES string of the molecule is CN1CCC(CC(F)CO)C1. The van der Waals surface area contributed by atoms with E-state index in [4.69, 9.17) is 5.11 Å². The molecule has 0 amide bonds. The normalized spacial score (nSPS) is 29.2. The Hall–Kier alpha value is -0.150. The number of nitrogens with zero attached hydrogens (tertiary/aromatic N) is 1. The van der Waals surface area contributed by atoms with Gasteiger partial charge in [0.25, 0.3) is 0 Å². The first-order chi connectivity index (χ1) is 5.22. The molecule has 2 unspecified atom stereocenters. The van der Waals surface area contributed by atoms with Crippen LogP contribution in [0.1, 0.15) is 12.8 Å². The lowest BCUT2D eigenvalue weighted by Crippen LogP contribution is -2.17. The molecule has 2 nitrogen and oxygen atoms in total. The smallest absolute Gasteiger partial charge is 0.123 e. The average Bonchev–Trinajstić information content (AvgIpc) is 2.35. The van der Waals surface area contributed by atoms with Crippen molar-refractivity contribution in [2.75, 3.05) is 26.7 Å². The minimum absolute atomic E-state index is 0.319. The Morgan fingerprint density at radius 2 is 2.45 bits per heavy atom. The van der Waals surface area contributed by atoms with Crippen LogP contribution in [0.3, 0.4) is 0 Å². The number of hydrogen-bond donors (Lipinski definition) is 1. The molecule has 1 N–H and O–H groups in total. The average molecular weight is 161 g/mol. The molecular weight excluding hydrogens is 145 g/mol. The van der Waals surface area contributed by atoms with Crippen molar-refractivity contribution in [3.8, 4) is 0 Å². The fourth-order valence-electron chi connectivity index (χ4n) is 1.65. The predicted molar refractivity (Wildman–Crippen MR) is 42.2 cm³/mol. The molecule has 0 aromatic heterocycles. The van der Waals surface area contributed by atoms with E-state index in [1.807, 2.05) is 7.05 Å². The van der Waals surface area contributed by atoms with E-state index < -0.39 is 6.17 Å². The molecule has 0 radical (unpaired) electrons. The van der Waals surface area contributed by atoms with Crippen LogP contribution in [0, 0.1) is 5.92 Å². The van der Waals surface area contributed by atoms with Crippen molar-refractivity contribution in [3.63, 3.8) is 0 Å². The largest absolute Gasteiger partial charge is 0.393 e. The van der Waals surface area contributed by atoms with Gasteiger partial charge in [-0.05, 0) is 32.4 Å². The van der Waals surface area contributed by atoms with E-state index >= 15 is 0 Å². The second-order valence-electron chi connectivity index (χ2n) is 3.43. The molecule has 0 saturated carbocycles. The summed E-state index contributed by atoms with van der Waals surface area (Å²) in [7, 11) is 2.05. The molecule has 0 aliphatic carbocycles. The fraction of sp³-hybridized carbons (Fsp3) is 1.00. The predicted octanol–water partition coefficient (Wildman–Crippen LogP) is 0.659. The van der Waals surface area contributed by atoms with Crippen LogP contribution < -0.4 is 0 Å². The first-order valence-corrected chi connectivity index (χ1v) is 4.16. The van der Waals surface area contributed by atoms with Crippen LogP contribution in [0.2, 0.25) is 0 Å². The third kappa shape index (κ3) is 2.75. The van der Waals surface area contributed by atoms with E-state index in [2.05, 4.69) is 4.90 Å². The van der Waals surface area contributed by atoms with Gasteiger partial charge in [0.15, 0.2) is 0 Å². The molecule has 2 atom stereocenters. The lowest BCUT2D eigenvalue weighted by Gasteiger charge is -2.11. The van der Waals surface area contributed by atoms with Crippen molar-refractivity contribution < 1.29 is 9.50 Å². The summed E-state index contributed by atoms with van der Waals surface area (Å²) >= 11 is 0. The minimum Gasteiger partial charge on any atom is -0.393 e. The molecule has 0 aromatic carbocycles. The molecule has 1 aliphatic heterocycles. The number of alkyl halides is 1. The van der Waals surface area contributed by atoms with Gasteiger partial charge < -0.3 is 10.0 Å². The topological polar surface area (TPSA) is 23.5 Å². The highest BCUT2D eigenvalue weighted by molar-refractivity contribution is 4.75. The molecule has 1 saturated heterocycles. The first kappa shape index (κ1) is 8.94. The maximum Gasteiger partial charge on any atom is 0.123 e. The standard InChI is InChI=1S/C8H16FNO/c1-10-3-2-7(5-10)4-8(9)6-11/h7-8,11H,2-6H2,1H3. The summed E-state index contributed by atoms with van der Waals surface area (Å²) in [6.45, 7) is 1.74. The molecule has 11 heavy (non-hydrogen) atoms. The second-order valence-corrected chi connectivity index (χ2v) is 3.43. The van der Waals surface area contributed by atoms with Crippen LogP contribution in [0.5, 0.6) is 0 Å². The highest BCUT2D eigenvalue weighted by Crippen LogP contribution is 2.20. The highest BCUT2D eigenvalue weighted by atomic mass is 19.1. The van der Waals surface area contributed by atoms with Gasteiger partial charge in [0.2, 0.25) is 0 Å². The maximum absolute atomic E-state index is 12.6. The van der Waals surface area contributed by atoms with Gasteiger partial charge in [-0.25, -0.2) is 4.39 Å². The van der Waals surface area contributed by atoms with E-state index in [1.54, 1.807) is 0 Å². The fourth-order valence-corrected chi connectivity index (χ4v) is 1.65. The second kappa shape index (κ2) is 4.02. The molecule has 3 heteroatoms. The summed E-state index contributed by atoms with van der Waals surface area (Å²) in [4.78, 5) is 2.20. The molecular formula is C8H16FNO. The van der Waals surface area contributed by atoms with Crippen molar-refractivity contribution in [1.82, 2.24) is 4.90 Å². The van der Waals surface area contributed by atoms with E-state index in [1.165, 1.54) is 0 Å². The van der Waals surface area contributed by atoms with Gasteiger partial charge in [0.05, 0.1) is 6.61 Å². The van der Waals surface area contributed by atoms with Crippen LogP contribution in [0.15, 0.2) is 0 Å². The van der Waals surface area contributed by atoms with Gasteiger partial charge in [0, 0.05) is 6.54 Å². The highest BCUT2D eigenvalue weighted by Gasteiger charge is 2.22. The summed E-state index contributed by atoms with van der Waals surface area (Å²) in [5, 5.41) is 8.47. The summed E-state index contributed by atoms with van der Waals surface area (Å²) in [6.07, 6.45) is 0.601.